The molecule has 1 heterocycles. The van der Waals surface area contributed by atoms with Crippen LogP contribution in [0.15, 0.2) is 24.3 Å². The van der Waals surface area contributed by atoms with E-state index in [0.29, 0.717) is 12.1 Å². The highest BCUT2D eigenvalue weighted by molar-refractivity contribution is 5.37. The predicted molar refractivity (Wildman–Crippen MR) is 83.5 cm³/mol. The van der Waals surface area contributed by atoms with E-state index in [1.807, 2.05) is 0 Å². The average molecular weight is 290 g/mol. The Morgan fingerprint density at radius 3 is 2.43 bits per heavy atom. The summed E-state index contributed by atoms with van der Waals surface area (Å²) in [6, 6.07) is 9.73. The second-order valence-corrected chi connectivity index (χ2v) is 6.01. The molecule has 1 saturated heterocycles. The maximum Gasteiger partial charge on any atom is 0.0971 e. The normalized spacial score (nSPS) is 32.5. The van der Waals surface area contributed by atoms with Crippen LogP contribution in [0.5, 0.6) is 0 Å². The minimum absolute atomic E-state index is 0.181. The van der Waals surface area contributed by atoms with Gasteiger partial charge in [-0.3, -0.25) is 4.90 Å². The van der Waals surface area contributed by atoms with Gasteiger partial charge in [-0.15, -0.1) is 0 Å². The van der Waals surface area contributed by atoms with Crippen molar-refractivity contribution in [2.24, 2.45) is 0 Å². The molecule has 1 aliphatic heterocycles. The van der Waals surface area contributed by atoms with Gasteiger partial charge in [-0.1, -0.05) is 31.2 Å². The third-order valence-corrected chi connectivity index (χ3v) is 4.95. The van der Waals surface area contributed by atoms with Crippen LogP contribution in [0.1, 0.15) is 24.1 Å². The Morgan fingerprint density at radius 2 is 1.81 bits per heavy atom. The highest BCUT2D eigenvalue weighted by atomic mass is 16.5. The Labute approximate surface area is 127 Å². The van der Waals surface area contributed by atoms with E-state index >= 15 is 0 Å². The Kier molecular flexibility index (Phi) is 4.60. The highest BCUT2D eigenvalue weighted by Crippen LogP contribution is 2.36. The molecule has 0 spiro atoms. The Hall–Kier alpha value is -0.940. The van der Waals surface area contributed by atoms with Crippen LogP contribution < -0.4 is 5.32 Å². The lowest BCUT2D eigenvalue weighted by Gasteiger charge is -2.30. The summed E-state index contributed by atoms with van der Waals surface area (Å²) in [7, 11) is 3.57. The summed E-state index contributed by atoms with van der Waals surface area (Å²) in [4.78, 5) is 2.54. The van der Waals surface area contributed by atoms with Gasteiger partial charge in [-0.2, -0.15) is 0 Å². The van der Waals surface area contributed by atoms with Crippen LogP contribution in [0.2, 0.25) is 0 Å². The second kappa shape index (κ2) is 6.44. The third kappa shape index (κ3) is 2.73. The molecule has 1 fully saturated rings. The van der Waals surface area contributed by atoms with Crippen molar-refractivity contribution in [3.63, 3.8) is 0 Å². The third-order valence-electron chi connectivity index (χ3n) is 4.95. The fourth-order valence-electron chi connectivity index (χ4n) is 3.88. The standard InChI is InChI=1S/C17H26N2O2/c1-4-18-17-13-8-6-5-7-12(13)9-14(17)19-10-15(20-2)16(11-19)21-3/h5-8,14-18H,4,9-11H2,1-3H3. The zero-order valence-corrected chi connectivity index (χ0v) is 13.2. The SMILES string of the molecule is CCNC1c2ccccc2CC1N1CC(OC)C(OC)C1. The van der Waals surface area contributed by atoms with E-state index in [1.54, 1.807) is 14.2 Å². The average Bonchev–Trinajstić information content (AvgIpc) is 3.09. The highest BCUT2D eigenvalue weighted by Gasteiger charge is 2.42. The van der Waals surface area contributed by atoms with Crippen molar-refractivity contribution in [3.8, 4) is 0 Å². The Bertz CT molecular complexity index is 468. The molecule has 1 N–H and O–H groups in total. The van der Waals surface area contributed by atoms with Crippen molar-refractivity contribution in [3.05, 3.63) is 35.4 Å². The molecule has 4 nitrogen and oxygen atoms in total. The van der Waals surface area contributed by atoms with E-state index in [0.717, 1.165) is 26.1 Å². The molecular formula is C17H26N2O2. The van der Waals surface area contributed by atoms with Gasteiger partial charge in [0, 0.05) is 39.4 Å². The molecule has 0 bridgehead atoms. The molecule has 116 valence electrons. The number of ether oxygens (including phenoxy) is 2. The van der Waals surface area contributed by atoms with Gasteiger partial charge in [0.1, 0.15) is 0 Å². The minimum atomic E-state index is 0.181. The summed E-state index contributed by atoms with van der Waals surface area (Å²) in [5, 5.41) is 3.67. The van der Waals surface area contributed by atoms with Gasteiger partial charge >= 0.3 is 0 Å². The van der Waals surface area contributed by atoms with Gasteiger partial charge in [0.25, 0.3) is 0 Å². The number of rotatable bonds is 5. The number of fused-ring (bicyclic) bond motifs is 1. The Balaban J connectivity index is 1.80. The fourth-order valence-corrected chi connectivity index (χ4v) is 3.88. The summed E-state index contributed by atoms with van der Waals surface area (Å²) < 4.78 is 11.2. The van der Waals surface area contributed by atoms with Gasteiger partial charge in [-0.25, -0.2) is 0 Å². The molecule has 0 amide bonds. The largest absolute Gasteiger partial charge is 0.377 e. The van der Waals surface area contributed by atoms with Gasteiger partial charge in [0.2, 0.25) is 0 Å². The first-order valence-corrected chi connectivity index (χ1v) is 7.89. The van der Waals surface area contributed by atoms with Gasteiger partial charge in [0.15, 0.2) is 0 Å². The lowest BCUT2D eigenvalue weighted by Crippen LogP contribution is -2.42. The first-order chi connectivity index (χ1) is 10.3. The molecule has 4 atom stereocenters. The van der Waals surface area contributed by atoms with Crippen LogP contribution in [0.3, 0.4) is 0 Å². The van der Waals surface area contributed by atoms with Crippen molar-refractivity contribution < 1.29 is 9.47 Å². The van der Waals surface area contributed by atoms with Gasteiger partial charge in [0.05, 0.1) is 12.2 Å². The first-order valence-electron chi connectivity index (χ1n) is 7.89. The molecule has 0 saturated carbocycles. The summed E-state index contributed by atoms with van der Waals surface area (Å²) in [5.74, 6) is 0. The number of hydrogen-bond acceptors (Lipinski definition) is 4. The number of hydrogen-bond donors (Lipinski definition) is 1. The van der Waals surface area contributed by atoms with Crippen molar-refractivity contribution in [2.45, 2.75) is 37.6 Å². The van der Waals surface area contributed by atoms with E-state index in [1.165, 1.54) is 11.1 Å². The van der Waals surface area contributed by atoms with Crippen molar-refractivity contribution in [2.75, 3.05) is 33.9 Å². The van der Waals surface area contributed by atoms with E-state index in [-0.39, 0.29) is 12.2 Å². The van der Waals surface area contributed by atoms with Crippen LogP contribution >= 0.6 is 0 Å². The van der Waals surface area contributed by atoms with E-state index in [9.17, 15) is 0 Å². The molecule has 1 aromatic carbocycles. The lowest BCUT2D eigenvalue weighted by atomic mass is 10.1. The van der Waals surface area contributed by atoms with Crippen LogP contribution in [-0.4, -0.2) is 57.0 Å². The molecule has 4 unspecified atom stereocenters. The van der Waals surface area contributed by atoms with Crippen LogP contribution in [0, 0.1) is 0 Å². The number of likely N-dealkylation sites (N-methyl/N-ethyl adjacent to an activating group) is 1. The van der Waals surface area contributed by atoms with Crippen LogP contribution in [-0.2, 0) is 15.9 Å². The van der Waals surface area contributed by atoms with Crippen molar-refractivity contribution in [1.29, 1.82) is 0 Å². The number of methoxy groups -OCH3 is 2. The molecule has 1 aromatic rings. The van der Waals surface area contributed by atoms with E-state index in [2.05, 4.69) is 41.4 Å². The number of nitrogens with zero attached hydrogens (tertiary/aromatic N) is 1. The maximum atomic E-state index is 5.59. The quantitative estimate of drug-likeness (QED) is 0.893. The van der Waals surface area contributed by atoms with Gasteiger partial charge in [-0.05, 0) is 24.1 Å². The molecule has 0 aromatic heterocycles. The summed E-state index contributed by atoms with van der Waals surface area (Å²) in [5.41, 5.74) is 2.93. The molecule has 3 rings (SSSR count). The number of benzene rings is 1. The minimum Gasteiger partial charge on any atom is -0.377 e. The van der Waals surface area contributed by atoms with Crippen LogP contribution in [0.4, 0.5) is 0 Å². The predicted octanol–water partition coefficient (Wildman–Crippen LogP) is 1.61. The number of nitrogens with one attached hydrogen (secondary N) is 1. The maximum absolute atomic E-state index is 5.59. The fraction of sp³-hybridized carbons (Fsp3) is 0.647. The van der Waals surface area contributed by atoms with Crippen molar-refractivity contribution in [1.82, 2.24) is 10.2 Å². The topological polar surface area (TPSA) is 33.7 Å². The van der Waals surface area contributed by atoms with E-state index in [4.69, 9.17) is 9.47 Å². The summed E-state index contributed by atoms with van der Waals surface area (Å²) >= 11 is 0. The molecule has 1 aliphatic carbocycles. The zero-order chi connectivity index (χ0) is 14.8. The molecular weight excluding hydrogens is 264 g/mol. The molecule has 4 heteroatoms. The smallest absolute Gasteiger partial charge is 0.0971 e. The van der Waals surface area contributed by atoms with Crippen molar-refractivity contribution >= 4 is 0 Å². The number of likely N-dealkylation sites (tertiary alicyclic amines) is 1. The van der Waals surface area contributed by atoms with Gasteiger partial charge < -0.3 is 14.8 Å². The summed E-state index contributed by atoms with van der Waals surface area (Å²) in [6.07, 6.45) is 1.47. The molecule has 21 heavy (non-hydrogen) atoms. The second-order valence-electron chi connectivity index (χ2n) is 6.01. The lowest BCUT2D eigenvalue weighted by molar-refractivity contribution is -0.00461. The molecule has 2 aliphatic rings. The summed E-state index contributed by atoms with van der Waals surface area (Å²) in [6.45, 7) is 5.08. The van der Waals surface area contributed by atoms with Crippen LogP contribution in [0.25, 0.3) is 0 Å². The molecule has 0 radical (unpaired) electrons. The zero-order valence-electron chi connectivity index (χ0n) is 13.2. The Morgan fingerprint density at radius 1 is 1.14 bits per heavy atom. The monoisotopic (exact) mass is 290 g/mol. The van der Waals surface area contributed by atoms with E-state index < -0.39 is 0 Å². The first kappa shape index (κ1) is 15.0.